The molecule has 0 saturated carbocycles. The van der Waals surface area contributed by atoms with Crippen LogP contribution >= 0.6 is 0 Å². The van der Waals surface area contributed by atoms with Gasteiger partial charge in [-0.25, -0.2) is 0 Å². The summed E-state index contributed by atoms with van der Waals surface area (Å²) in [5.74, 6) is -0.0200. The van der Waals surface area contributed by atoms with Crippen molar-refractivity contribution in [3.63, 3.8) is 0 Å². The fourth-order valence-corrected chi connectivity index (χ4v) is 11.9. The SMILES string of the molecule is CCCCCCCC/C=C\CCCCCCCCCC(=O)OCCCCCCCCCCCCCCCCCCCCCCCC(=O)NC(CO)C(O)CCCCCCCCCCCCCCCCCCCCCCCCCCC. The molecular weight excluding hydrogens is 983 g/mol. The van der Waals surface area contributed by atoms with Gasteiger partial charge in [0.05, 0.1) is 25.4 Å². The monoisotopic (exact) mass is 1130 g/mol. The Hall–Kier alpha value is -1.40. The van der Waals surface area contributed by atoms with E-state index in [9.17, 15) is 19.8 Å². The van der Waals surface area contributed by atoms with Crippen LogP contribution in [0, 0.1) is 0 Å². The second-order valence-corrected chi connectivity index (χ2v) is 25.6. The number of nitrogens with one attached hydrogen (secondary N) is 1. The van der Waals surface area contributed by atoms with Crippen LogP contribution in [0.2, 0.25) is 0 Å². The van der Waals surface area contributed by atoms with Crippen LogP contribution in [0.1, 0.15) is 425 Å². The van der Waals surface area contributed by atoms with Gasteiger partial charge in [0, 0.05) is 12.8 Å². The summed E-state index contributed by atoms with van der Waals surface area (Å²) >= 11 is 0. The molecule has 0 aliphatic rings. The average Bonchev–Trinajstić information content (AvgIpc) is 3.46. The van der Waals surface area contributed by atoms with Crippen molar-refractivity contribution in [3.8, 4) is 0 Å². The molecule has 0 aliphatic carbocycles. The molecule has 6 heteroatoms. The first kappa shape index (κ1) is 78.6. The Balaban J connectivity index is 3.37. The lowest BCUT2D eigenvalue weighted by Gasteiger charge is -2.22. The molecule has 0 fully saturated rings. The fraction of sp³-hybridized carbons (Fsp3) is 0.946. The van der Waals surface area contributed by atoms with Crippen LogP contribution < -0.4 is 5.32 Å². The predicted molar refractivity (Wildman–Crippen MR) is 352 cm³/mol. The van der Waals surface area contributed by atoms with Crippen molar-refractivity contribution < 1.29 is 24.5 Å². The van der Waals surface area contributed by atoms with Crippen LogP contribution in [0.5, 0.6) is 0 Å². The van der Waals surface area contributed by atoms with Gasteiger partial charge in [-0.2, -0.15) is 0 Å². The Morgan fingerprint density at radius 1 is 0.338 bits per heavy atom. The van der Waals surface area contributed by atoms with Crippen molar-refractivity contribution in [3.05, 3.63) is 12.2 Å². The third kappa shape index (κ3) is 65.7. The number of unbranched alkanes of at least 4 members (excludes halogenated alkanes) is 57. The van der Waals surface area contributed by atoms with Crippen molar-refractivity contribution >= 4 is 11.9 Å². The van der Waals surface area contributed by atoms with E-state index in [1.165, 1.54) is 347 Å². The van der Waals surface area contributed by atoms with E-state index < -0.39 is 12.1 Å². The molecule has 2 unspecified atom stereocenters. The van der Waals surface area contributed by atoms with E-state index in [1.54, 1.807) is 0 Å². The number of carbonyl (C=O) groups is 2. The molecule has 1 amide bonds. The smallest absolute Gasteiger partial charge is 0.305 e. The molecule has 0 rings (SSSR count). The molecule has 80 heavy (non-hydrogen) atoms. The minimum atomic E-state index is -0.666. The van der Waals surface area contributed by atoms with Gasteiger partial charge in [-0.05, 0) is 51.4 Å². The lowest BCUT2D eigenvalue weighted by Crippen LogP contribution is -2.45. The molecule has 0 aromatic rings. The van der Waals surface area contributed by atoms with Crippen LogP contribution in [-0.4, -0.2) is 47.4 Å². The lowest BCUT2D eigenvalue weighted by molar-refractivity contribution is -0.143. The number of esters is 1. The Labute approximate surface area is 501 Å². The highest BCUT2D eigenvalue weighted by Crippen LogP contribution is 2.20. The highest BCUT2D eigenvalue weighted by molar-refractivity contribution is 5.76. The third-order valence-corrected chi connectivity index (χ3v) is 17.6. The summed E-state index contributed by atoms with van der Waals surface area (Å²) in [6.07, 6.45) is 86.9. The summed E-state index contributed by atoms with van der Waals surface area (Å²) in [5, 5.41) is 23.5. The molecule has 0 aliphatic heterocycles. The maximum atomic E-state index is 12.6. The normalized spacial score (nSPS) is 12.5. The lowest BCUT2D eigenvalue weighted by atomic mass is 10.0. The maximum absolute atomic E-state index is 12.6. The van der Waals surface area contributed by atoms with Crippen molar-refractivity contribution in [1.82, 2.24) is 5.32 Å². The highest BCUT2D eigenvalue weighted by atomic mass is 16.5. The molecule has 6 nitrogen and oxygen atoms in total. The molecule has 2 atom stereocenters. The largest absolute Gasteiger partial charge is 0.466 e. The van der Waals surface area contributed by atoms with Crippen LogP contribution in [0.15, 0.2) is 12.2 Å². The molecule has 476 valence electrons. The number of carbonyl (C=O) groups excluding carboxylic acids is 2. The van der Waals surface area contributed by atoms with E-state index >= 15 is 0 Å². The van der Waals surface area contributed by atoms with Crippen LogP contribution in [0.25, 0.3) is 0 Å². The first-order valence-electron chi connectivity index (χ1n) is 36.9. The number of ether oxygens (including phenoxy) is 1. The predicted octanol–water partition coefficient (Wildman–Crippen LogP) is 23.9. The van der Waals surface area contributed by atoms with Gasteiger partial charge >= 0.3 is 5.97 Å². The third-order valence-electron chi connectivity index (χ3n) is 17.6. The van der Waals surface area contributed by atoms with E-state index in [-0.39, 0.29) is 18.5 Å². The maximum Gasteiger partial charge on any atom is 0.305 e. The molecule has 0 bridgehead atoms. The van der Waals surface area contributed by atoms with E-state index in [2.05, 4.69) is 31.3 Å². The number of allylic oxidation sites excluding steroid dienone is 2. The second-order valence-electron chi connectivity index (χ2n) is 25.6. The average molecular weight is 1130 g/mol. The molecule has 0 aromatic carbocycles. The van der Waals surface area contributed by atoms with Gasteiger partial charge in [-0.1, -0.05) is 373 Å². The fourth-order valence-electron chi connectivity index (χ4n) is 11.9. The zero-order chi connectivity index (χ0) is 57.8. The zero-order valence-corrected chi connectivity index (χ0v) is 54.6. The zero-order valence-electron chi connectivity index (χ0n) is 54.6. The molecular formula is C74H145NO5. The first-order chi connectivity index (χ1) is 39.5. The second kappa shape index (κ2) is 70.1. The van der Waals surface area contributed by atoms with E-state index in [1.807, 2.05) is 0 Å². The standard InChI is InChI=1S/C74H145NO5/c1-3-5-7-9-11-13-15-17-19-21-22-23-24-25-26-28-31-35-38-42-46-50-54-58-62-66-72(77)71(70-76)75-73(78)67-63-59-55-51-47-43-39-36-32-29-27-30-33-37-41-45-49-53-57-61-65-69-80-74(79)68-64-60-56-52-48-44-40-34-20-18-16-14-12-10-8-6-4-2/h18,20,71-72,76-77H,3-17,19,21-70H2,1-2H3,(H,75,78)/b20-18-. The number of hydrogen-bond acceptors (Lipinski definition) is 5. The van der Waals surface area contributed by atoms with Crippen LogP contribution in [0.4, 0.5) is 0 Å². The molecule has 0 heterocycles. The summed E-state index contributed by atoms with van der Waals surface area (Å²) < 4.78 is 5.50. The van der Waals surface area contributed by atoms with Crippen molar-refractivity contribution in [1.29, 1.82) is 0 Å². The van der Waals surface area contributed by atoms with Gasteiger partial charge in [-0.15, -0.1) is 0 Å². The summed E-state index contributed by atoms with van der Waals surface area (Å²) in [4.78, 5) is 24.7. The van der Waals surface area contributed by atoms with E-state index in [4.69, 9.17) is 4.74 Å². The molecule has 3 N–H and O–H groups in total. The van der Waals surface area contributed by atoms with E-state index in [0.717, 1.165) is 44.9 Å². The molecule has 0 spiro atoms. The number of amides is 1. The Morgan fingerprint density at radius 2 is 0.588 bits per heavy atom. The first-order valence-corrected chi connectivity index (χ1v) is 36.9. The highest BCUT2D eigenvalue weighted by Gasteiger charge is 2.20. The van der Waals surface area contributed by atoms with Gasteiger partial charge in [0.15, 0.2) is 0 Å². The number of aliphatic hydroxyl groups excluding tert-OH is 2. The number of rotatable bonds is 70. The van der Waals surface area contributed by atoms with Gasteiger partial charge in [0.25, 0.3) is 0 Å². The minimum Gasteiger partial charge on any atom is -0.466 e. The number of aliphatic hydroxyl groups is 2. The van der Waals surface area contributed by atoms with Gasteiger partial charge in [-0.3, -0.25) is 9.59 Å². The van der Waals surface area contributed by atoms with Gasteiger partial charge < -0.3 is 20.3 Å². The Morgan fingerprint density at radius 3 is 0.887 bits per heavy atom. The summed E-state index contributed by atoms with van der Waals surface area (Å²) in [6.45, 7) is 4.99. The Bertz CT molecular complexity index is 1210. The topological polar surface area (TPSA) is 95.9 Å². The van der Waals surface area contributed by atoms with Gasteiger partial charge in [0.2, 0.25) is 5.91 Å². The Kier molecular flexibility index (Phi) is 68.9. The van der Waals surface area contributed by atoms with Crippen LogP contribution in [0.3, 0.4) is 0 Å². The molecule has 0 saturated heterocycles. The summed E-state index contributed by atoms with van der Waals surface area (Å²) in [6, 6.07) is -0.543. The summed E-state index contributed by atoms with van der Waals surface area (Å²) in [5.41, 5.74) is 0. The van der Waals surface area contributed by atoms with Crippen molar-refractivity contribution in [2.45, 2.75) is 437 Å². The van der Waals surface area contributed by atoms with Crippen LogP contribution in [-0.2, 0) is 14.3 Å². The van der Waals surface area contributed by atoms with Gasteiger partial charge in [0.1, 0.15) is 0 Å². The van der Waals surface area contributed by atoms with E-state index in [0.29, 0.717) is 25.9 Å². The molecule has 0 radical (unpaired) electrons. The van der Waals surface area contributed by atoms with Crippen molar-refractivity contribution in [2.75, 3.05) is 13.2 Å². The molecule has 0 aromatic heterocycles. The number of hydrogen-bond donors (Lipinski definition) is 3. The quantitative estimate of drug-likeness (QED) is 0.0320. The summed E-state index contributed by atoms with van der Waals surface area (Å²) in [7, 11) is 0. The van der Waals surface area contributed by atoms with Crippen molar-refractivity contribution in [2.24, 2.45) is 0 Å². The minimum absolute atomic E-state index is 0.0103.